The summed E-state index contributed by atoms with van der Waals surface area (Å²) >= 11 is 3.06. The van der Waals surface area contributed by atoms with Crippen LogP contribution in [-0.4, -0.2) is 20.0 Å². The minimum Gasteiger partial charge on any atom is -0.270 e. The van der Waals surface area contributed by atoms with Crippen LogP contribution >= 0.6 is 15.9 Å². The third-order valence-electron chi connectivity index (χ3n) is 1.98. The SMILES string of the molecule is O=[N+]([O-])c1cc([N+](=O)[O-])c2c(Br)[nH]nc2c1. The van der Waals surface area contributed by atoms with Gasteiger partial charge in [-0.3, -0.25) is 25.3 Å². The largest absolute Gasteiger partial charge is 0.288 e. The Hall–Kier alpha value is -2.03. The molecular weight excluding hydrogens is 284 g/mol. The Morgan fingerprint density at radius 2 is 1.94 bits per heavy atom. The molecule has 0 atom stereocenters. The van der Waals surface area contributed by atoms with Crippen molar-refractivity contribution in [2.75, 3.05) is 0 Å². The fourth-order valence-corrected chi connectivity index (χ4v) is 1.82. The van der Waals surface area contributed by atoms with E-state index in [1.165, 1.54) is 6.07 Å². The second-order valence-electron chi connectivity index (χ2n) is 2.91. The van der Waals surface area contributed by atoms with E-state index in [-0.39, 0.29) is 22.3 Å². The molecule has 1 N–H and O–H groups in total. The van der Waals surface area contributed by atoms with Gasteiger partial charge in [-0.15, -0.1) is 0 Å². The van der Waals surface area contributed by atoms with E-state index in [0.29, 0.717) is 4.60 Å². The quantitative estimate of drug-likeness (QED) is 0.671. The Balaban J connectivity index is 2.86. The normalized spacial score (nSPS) is 10.6. The number of non-ortho nitro benzene ring substituents is 2. The van der Waals surface area contributed by atoms with E-state index in [2.05, 4.69) is 26.1 Å². The number of nitro groups is 2. The van der Waals surface area contributed by atoms with Crippen LogP contribution in [0.5, 0.6) is 0 Å². The number of aromatic nitrogens is 2. The van der Waals surface area contributed by atoms with E-state index in [9.17, 15) is 20.2 Å². The number of nitrogens with zero attached hydrogens (tertiary/aromatic N) is 3. The van der Waals surface area contributed by atoms with Gasteiger partial charge in [-0.05, 0) is 15.9 Å². The summed E-state index contributed by atoms with van der Waals surface area (Å²) in [4.78, 5) is 19.9. The van der Waals surface area contributed by atoms with E-state index in [0.717, 1.165) is 6.07 Å². The number of nitrogens with one attached hydrogen (secondary N) is 1. The molecule has 0 aliphatic heterocycles. The van der Waals surface area contributed by atoms with Gasteiger partial charge in [-0.2, -0.15) is 5.10 Å². The van der Waals surface area contributed by atoms with E-state index in [1.807, 2.05) is 0 Å². The topological polar surface area (TPSA) is 115 Å². The summed E-state index contributed by atoms with van der Waals surface area (Å²) in [5.74, 6) is 0. The average Bonchev–Trinajstić information content (AvgIpc) is 2.59. The second-order valence-corrected chi connectivity index (χ2v) is 3.70. The monoisotopic (exact) mass is 286 g/mol. The van der Waals surface area contributed by atoms with Crippen molar-refractivity contribution in [1.29, 1.82) is 0 Å². The highest BCUT2D eigenvalue weighted by Gasteiger charge is 2.22. The number of aromatic amines is 1. The van der Waals surface area contributed by atoms with Gasteiger partial charge >= 0.3 is 0 Å². The van der Waals surface area contributed by atoms with Crippen LogP contribution in [0.15, 0.2) is 16.7 Å². The first kappa shape index (κ1) is 10.5. The number of halogens is 1. The zero-order valence-corrected chi connectivity index (χ0v) is 9.09. The summed E-state index contributed by atoms with van der Waals surface area (Å²) in [7, 11) is 0. The molecule has 1 aromatic carbocycles. The van der Waals surface area contributed by atoms with Crippen molar-refractivity contribution in [3.8, 4) is 0 Å². The van der Waals surface area contributed by atoms with Crippen LogP contribution in [0.25, 0.3) is 10.9 Å². The molecule has 0 bridgehead atoms. The van der Waals surface area contributed by atoms with E-state index in [1.54, 1.807) is 0 Å². The lowest BCUT2D eigenvalue weighted by Gasteiger charge is -1.94. The molecule has 0 aliphatic rings. The van der Waals surface area contributed by atoms with Crippen molar-refractivity contribution in [3.05, 3.63) is 37.0 Å². The fourth-order valence-electron chi connectivity index (χ4n) is 1.33. The number of fused-ring (bicyclic) bond motifs is 1. The molecule has 0 saturated heterocycles. The lowest BCUT2D eigenvalue weighted by molar-refractivity contribution is -0.393. The molecule has 16 heavy (non-hydrogen) atoms. The van der Waals surface area contributed by atoms with E-state index < -0.39 is 9.85 Å². The highest BCUT2D eigenvalue weighted by molar-refractivity contribution is 9.10. The molecule has 1 aromatic heterocycles. The van der Waals surface area contributed by atoms with Gasteiger partial charge in [0.1, 0.15) is 15.5 Å². The summed E-state index contributed by atoms with van der Waals surface area (Å²) in [6.45, 7) is 0. The maximum absolute atomic E-state index is 10.8. The molecule has 0 fully saturated rings. The fraction of sp³-hybridized carbons (Fsp3) is 0. The minimum absolute atomic E-state index is 0.174. The number of nitro benzene ring substituents is 2. The van der Waals surface area contributed by atoms with Crippen LogP contribution in [0, 0.1) is 20.2 Å². The molecule has 2 rings (SSSR count). The number of hydrogen-bond donors (Lipinski definition) is 1. The molecule has 0 amide bonds. The van der Waals surface area contributed by atoms with Crippen molar-refractivity contribution < 1.29 is 9.85 Å². The van der Waals surface area contributed by atoms with Gasteiger partial charge in [-0.1, -0.05) is 0 Å². The summed E-state index contributed by atoms with van der Waals surface area (Å²) in [6, 6.07) is 2.08. The van der Waals surface area contributed by atoms with Crippen molar-refractivity contribution >= 4 is 38.2 Å². The first-order valence-electron chi connectivity index (χ1n) is 3.97. The number of rotatable bonds is 2. The van der Waals surface area contributed by atoms with Crippen LogP contribution < -0.4 is 0 Å². The Labute approximate surface area is 95.7 Å². The number of hydrogen-bond acceptors (Lipinski definition) is 5. The molecule has 0 spiro atoms. The molecule has 82 valence electrons. The Bertz CT molecular complexity index is 608. The first-order chi connectivity index (χ1) is 7.50. The third kappa shape index (κ3) is 1.50. The molecule has 0 radical (unpaired) electrons. The lowest BCUT2D eigenvalue weighted by Crippen LogP contribution is -1.93. The molecular formula is C7H3BrN4O4. The first-order valence-corrected chi connectivity index (χ1v) is 4.76. The average molecular weight is 287 g/mol. The van der Waals surface area contributed by atoms with Crippen LogP contribution in [0.2, 0.25) is 0 Å². The lowest BCUT2D eigenvalue weighted by atomic mass is 10.2. The van der Waals surface area contributed by atoms with Crippen molar-refractivity contribution in [2.24, 2.45) is 0 Å². The van der Waals surface area contributed by atoms with Crippen LogP contribution in [0.1, 0.15) is 0 Å². The maximum Gasteiger partial charge on any atom is 0.288 e. The standard InChI is InChI=1S/C7H3BrN4O4/c8-7-6-4(9-10-7)1-3(11(13)14)2-5(6)12(15)16/h1-2H,(H,9,10). The van der Waals surface area contributed by atoms with Gasteiger partial charge in [0, 0.05) is 6.07 Å². The number of H-pyrrole nitrogens is 1. The maximum atomic E-state index is 10.8. The Morgan fingerprint density at radius 1 is 1.25 bits per heavy atom. The second kappa shape index (κ2) is 3.52. The smallest absolute Gasteiger partial charge is 0.270 e. The molecule has 8 nitrogen and oxygen atoms in total. The highest BCUT2D eigenvalue weighted by Crippen LogP contribution is 2.34. The van der Waals surface area contributed by atoms with Gasteiger partial charge in [0.15, 0.2) is 0 Å². The zero-order valence-electron chi connectivity index (χ0n) is 7.51. The zero-order chi connectivity index (χ0) is 11.9. The predicted octanol–water partition coefficient (Wildman–Crippen LogP) is 2.14. The molecule has 0 unspecified atom stereocenters. The highest BCUT2D eigenvalue weighted by atomic mass is 79.9. The van der Waals surface area contributed by atoms with Gasteiger partial charge in [0.05, 0.1) is 15.9 Å². The summed E-state index contributed by atoms with van der Waals surface area (Å²) in [5.41, 5.74) is -0.546. The van der Waals surface area contributed by atoms with Crippen LogP contribution in [0.3, 0.4) is 0 Å². The Kier molecular flexibility index (Phi) is 2.31. The Morgan fingerprint density at radius 3 is 2.50 bits per heavy atom. The van der Waals surface area contributed by atoms with Crippen molar-refractivity contribution in [3.63, 3.8) is 0 Å². The van der Waals surface area contributed by atoms with Gasteiger partial charge in [0.2, 0.25) is 0 Å². The molecule has 2 aromatic rings. The van der Waals surface area contributed by atoms with Crippen LogP contribution in [0.4, 0.5) is 11.4 Å². The van der Waals surface area contributed by atoms with E-state index >= 15 is 0 Å². The van der Waals surface area contributed by atoms with Gasteiger partial charge in [-0.25, -0.2) is 0 Å². The molecule has 1 heterocycles. The summed E-state index contributed by atoms with van der Waals surface area (Å²) in [6.07, 6.45) is 0. The van der Waals surface area contributed by atoms with Crippen molar-refractivity contribution in [1.82, 2.24) is 10.2 Å². The minimum atomic E-state index is -0.699. The van der Waals surface area contributed by atoms with Crippen molar-refractivity contribution in [2.45, 2.75) is 0 Å². The molecule has 0 saturated carbocycles. The molecule has 0 aliphatic carbocycles. The summed E-state index contributed by atoms with van der Waals surface area (Å²) in [5, 5.41) is 27.7. The molecule has 9 heteroatoms. The predicted molar refractivity (Wildman–Crippen MR) is 57.1 cm³/mol. The summed E-state index contributed by atoms with van der Waals surface area (Å²) < 4.78 is 0.323. The number of benzene rings is 1. The van der Waals surface area contributed by atoms with Gasteiger partial charge < -0.3 is 0 Å². The third-order valence-corrected chi connectivity index (χ3v) is 2.56. The van der Waals surface area contributed by atoms with Gasteiger partial charge in [0.25, 0.3) is 11.4 Å². The van der Waals surface area contributed by atoms with E-state index in [4.69, 9.17) is 0 Å². The van der Waals surface area contributed by atoms with Crippen LogP contribution in [-0.2, 0) is 0 Å².